The fourth-order valence-electron chi connectivity index (χ4n) is 2.45. The van der Waals surface area contributed by atoms with Crippen LogP contribution >= 0.6 is 0 Å². The molecular weight excluding hydrogens is 321 g/mol. The summed E-state index contributed by atoms with van der Waals surface area (Å²) in [5, 5.41) is 6.74. The fraction of sp³-hybridized carbons (Fsp3) is 0.105. The monoisotopic (exact) mass is 337 g/mol. The standard InChI is InChI=1S/C19H16FN3O2/c1-12-8-9-14(20)11-16(12)21-19(25)18-17(24)10-13(2)23(22-18)15-6-4-3-5-7-15/h3-11H,1-2H3,(H,21,25). The Labute approximate surface area is 143 Å². The maximum absolute atomic E-state index is 13.4. The van der Waals surface area contributed by atoms with Gasteiger partial charge in [0.25, 0.3) is 5.91 Å². The molecule has 0 saturated carbocycles. The second-order valence-corrected chi connectivity index (χ2v) is 5.66. The van der Waals surface area contributed by atoms with Gasteiger partial charge in [0.2, 0.25) is 5.43 Å². The van der Waals surface area contributed by atoms with Crippen molar-refractivity contribution in [2.45, 2.75) is 13.8 Å². The highest BCUT2D eigenvalue weighted by Crippen LogP contribution is 2.16. The smallest absolute Gasteiger partial charge is 0.280 e. The minimum Gasteiger partial charge on any atom is -0.320 e. The van der Waals surface area contributed by atoms with Crippen molar-refractivity contribution in [2.75, 3.05) is 5.32 Å². The van der Waals surface area contributed by atoms with Gasteiger partial charge in [-0.15, -0.1) is 0 Å². The van der Waals surface area contributed by atoms with Crippen molar-refractivity contribution in [1.29, 1.82) is 0 Å². The predicted molar refractivity (Wildman–Crippen MR) is 93.7 cm³/mol. The number of carbonyl (C=O) groups excluding carboxylic acids is 1. The summed E-state index contributed by atoms with van der Waals surface area (Å²) >= 11 is 0. The van der Waals surface area contributed by atoms with Crippen molar-refractivity contribution in [1.82, 2.24) is 9.78 Å². The van der Waals surface area contributed by atoms with E-state index in [1.807, 2.05) is 30.3 Å². The Morgan fingerprint density at radius 2 is 1.80 bits per heavy atom. The minimum atomic E-state index is -0.677. The average Bonchev–Trinajstić information content (AvgIpc) is 2.59. The van der Waals surface area contributed by atoms with Crippen LogP contribution in [-0.4, -0.2) is 15.7 Å². The summed E-state index contributed by atoms with van der Waals surface area (Å²) in [4.78, 5) is 24.7. The van der Waals surface area contributed by atoms with Crippen LogP contribution in [0.2, 0.25) is 0 Å². The summed E-state index contributed by atoms with van der Waals surface area (Å²) in [6, 6.07) is 14.6. The van der Waals surface area contributed by atoms with Crippen LogP contribution in [0.5, 0.6) is 0 Å². The molecule has 0 fully saturated rings. The molecule has 0 aliphatic heterocycles. The molecule has 2 aromatic carbocycles. The van der Waals surface area contributed by atoms with Crippen molar-refractivity contribution in [3.05, 3.63) is 87.6 Å². The topological polar surface area (TPSA) is 64.0 Å². The van der Waals surface area contributed by atoms with Crippen molar-refractivity contribution >= 4 is 11.6 Å². The van der Waals surface area contributed by atoms with Gasteiger partial charge >= 0.3 is 0 Å². The fourth-order valence-corrected chi connectivity index (χ4v) is 2.45. The summed E-state index contributed by atoms with van der Waals surface area (Å²) in [6.07, 6.45) is 0. The van der Waals surface area contributed by atoms with Gasteiger partial charge in [0.1, 0.15) is 5.82 Å². The molecule has 1 amide bonds. The van der Waals surface area contributed by atoms with Crippen molar-refractivity contribution in [2.24, 2.45) is 0 Å². The highest BCUT2D eigenvalue weighted by molar-refractivity contribution is 6.03. The second kappa shape index (κ2) is 6.68. The largest absolute Gasteiger partial charge is 0.320 e. The van der Waals surface area contributed by atoms with E-state index in [0.717, 1.165) is 5.69 Å². The number of rotatable bonds is 3. The van der Waals surface area contributed by atoms with Crippen LogP contribution in [0, 0.1) is 19.7 Å². The molecule has 0 spiro atoms. The van der Waals surface area contributed by atoms with E-state index in [1.165, 1.54) is 22.9 Å². The highest BCUT2D eigenvalue weighted by atomic mass is 19.1. The molecule has 0 radical (unpaired) electrons. The lowest BCUT2D eigenvalue weighted by Crippen LogP contribution is -2.27. The van der Waals surface area contributed by atoms with Gasteiger partial charge < -0.3 is 5.32 Å². The maximum atomic E-state index is 13.4. The van der Waals surface area contributed by atoms with E-state index in [2.05, 4.69) is 10.4 Å². The van der Waals surface area contributed by atoms with Gasteiger partial charge in [-0.1, -0.05) is 24.3 Å². The number of aromatic nitrogens is 2. The Bertz CT molecular complexity index is 997. The van der Waals surface area contributed by atoms with E-state index in [9.17, 15) is 14.0 Å². The van der Waals surface area contributed by atoms with Crippen LogP contribution in [-0.2, 0) is 0 Å². The zero-order valence-electron chi connectivity index (χ0n) is 13.8. The lowest BCUT2D eigenvalue weighted by atomic mass is 10.2. The summed E-state index contributed by atoms with van der Waals surface area (Å²) < 4.78 is 14.9. The molecule has 3 aromatic rings. The molecule has 0 atom stereocenters. The molecule has 0 bridgehead atoms. The maximum Gasteiger partial charge on any atom is 0.280 e. The number of carbonyl (C=O) groups is 1. The molecule has 0 aliphatic carbocycles. The van der Waals surface area contributed by atoms with Crippen LogP contribution in [0.3, 0.4) is 0 Å². The molecule has 0 saturated heterocycles. The van der Waals surface area contributed by atoms with Crippen LogP contribution in [0.25, 0.3) is 5.69 Å². The van der Waals surface area contributed by atoms with Gasteiger partial charge in [-0.05, 0) is 43.7 Å². The number of hydrogen-bond acceptors (Lipinski definition) is 3. The molecular formula is C19H16FN3O2. The second-order valence-electron chi connectivity index (χ2n) is 5.66. The van der Waals surface area contributed by atoms with Crippen molar-refractivity contribution in [3.63, 3.8) is 0 Å². The first-order chi connectivity index (χ1) is 12.0. The van der Waals surface area contributed by atoms with Crippen LogP contribution in [0.1, 0.15) is 21.7 Å². The highest BCUT2D eigenvalue weighted by Gasteiger charge is 2.16. The number of amides is 1. The molecule has 3 rings (SSSR count). The molecule has 5 nitrogen and oxygen atoms in total. The van der Waals surface area contributed by atoms with E-state index >= 15 is 0 Å². The van der Waals surface area contributed by atoms with E-state index < -0.39 is 17.2 Å². The molecule has 126 valence electrons. The number of nitrogens with zero attached hydrogens (tertiary/aromatic N) is 2. The molecule has 25 heavy (non-hydrogen) atoms. The number of halogens is 1. The van der Waals surface area contributed by atoms with E-state index in [4.69, 9.17) is 0 Å². The number of benzene rings is 2. The van der Waals surface area contributed by atoms with Gasteiger partial charge in [0.05, 0.1) is 5.69 Å². The van der Waals surface area contributed by atoms with Gasteiger partial charge in [-0.2, -0.15) is 5.10 Å². The number of anilines is 1. The summed E-state index contributed by atoms with van der Waals surface area (Å²) in [6.45, 7) is 3.47. The van der Waals surface area contributed by atoms with Gasteiger partial charge in [-0.25, -0.2) is 9.07 Å². The number of aryl methyl sites for hydroxylation is 2. The van der Waals surface area contributed by atoms with Gasteiger partial charge in [-0.3, -0.25) is 9.59 Å². The van der Waals surface area contributed by atoms with Gasteiger partial charge in [0.15, 0.2) is 5.69 Å². The third-order valence-corrected chi connectivity index (χ3v) is 3.77. The molecule has 1 aromatic heterocycles. The van der Waals surface area contributed by atoms with Crippen molar-refractivity contribution in [3.8, 4) is 5.69 Å². The quantitative estimate of drug-likeness (QED) is 0.798. The third-order valence-electron chi connectivity index (χ3n) is 3.77. The number of nitrogens with one attached hydrogen (secondary N) is 1. The first-order valence-electron chi connectivity index (χ1n) is 7.69. The first kappa shape index (κ1) is 16.6. The van der Waals surface area contributed by atoms with Gasteiger partial charge in [0, 0.05) is 17.4 Å². The molecule has 1 N–H and O–H groups in total. The van der Waals surface area contributed by atoms with Crippen LogP contribution < -0.4 is 10.7 Å². The van der Waals surface area contributed by atoms with Crippen LogP contribution in [0.4, 0.5) is 10.1 Å². The van der Waals surface area contributed by atoms with E-state index in [1.54, 1.807) is 19.9 Å². The van der Waals surface area contributed by atoms with Crippen LogP contribution in [0.15, 0.2) is 59.4 Å². The average molecular weight is 337 g/mol. The summed E-state index contributed by atoms with van der Waals surface area (Å²) in [7, 11) is 0. The Morgan fingerprint density at radius 1 is 1.08 bits per heavy atom. The molecule has 0 aliphatic rings. The zero-order valence-corrected chi connectivity index (χ0v) is 13.8. The lowest BCUT2D eigenvalue weighted by Gasteiger charge is -2.12. The third kappa shape index (κ3) is 3.47. The minimum absolute atomic E-state index is 0.252. The molecule has 0 unspecified atom stereocenters. The predicted octanol–water partition coefficient (Wildman–Crippen LogP) is 3.24. The van der Waals surface area contributed by atoms with E-state index in [-0.39, 0.29) is 5.69 Å². The first-order valence-corrected chi connectivity index (χ1v) is 7.69. The zero-order chi connectivity index (χ0) is 18.0. The van der Waals surface area contributed by atoms with Crippen molar-refractivity contribution < 1.29 is 9.18 Å². The summed E-state index contributed by atoms with van der Waals surface area (Å²) in [5.74, 6) is -1.15. The normalized spacial score (nSPS) is 10.5. The summed E-state index contributed by atoms with van der Waals surface area (Å²) in [5.41, 5.74) is 1.59. The Balaban J connectivity index is 2.01. The lowest BCUT2D eigenvalue weighted by molar-refractivity contribution is 0.101. The molecule has 6 heteroatoms. The molecule has 1 heterocycles. The number of hydrogen-bond donors (Lipinski definition) is 1. The SMILES string of the molecule is Cc1ccc(F)cc1NC(=O)c1nn(-c2ccccc2)c(C)cc1=O. The van der Waals surface area contributed by atoms with E-state index in [0.29, 0.717) is 16.9 Å². The Morgan fingerprint density at radius 3 is 2.52 bits per heavy atom. The number of para-hydroxylation sites is 1. The Kier molecular flexibility index (Phi) is 4.43. The Hall–Kier alpha value is -3.28.